The van der Waals surface area contributed by atoms with Crippen molar-refractivity contribution >= 4 is 11.7 Å². The highest BCUT2D eigenvalue weighted by atomic mass is 16.3. The minimum absolute atomic E-state index is 0.169. The van der Waals surface area contributed by atoms with E-state index < -0.39 is 6.23 Å². The van der Waals surface area contributed by atoms with Gasteiger partial charge in [0, 0.05) is 19.3 Å². The fourth-order valence-corrected chi connectivity index (χ4v) is 1.65. The molecule has 0 bridgehead atoms. The average Bonchev–Trinajstić information content (AvgIpc) is 2.61. The van der Waals surface area contributed by atoms with Crippen molar-refractivity contribution in [2.24, 2.45) is 0 Å². The zero-order valence-electron chi connectivity index (χ0n) is 8.50. The van der Waals surface area contributed by atoms with Crippen LogP contribution in [-0.4, -0.2) is 40.3 Å². The molecule has 1 fully saturated rings. The zero-order valence-corrected chi connectivity index (χ0v) is 8.50. The predicted molar refractivity (Wildman–Crippen MR) is 55.4 cm³/mol. The topological polar surface area (TPSA) is 56.7 Å². The lowest BCUT2D eigenvalue weighted by Crippen LogP contribution is -2.37. The van der Waals surface area contributed by atoms with E-state index in [0.717, 1.165) is 5.69 Å². The van der Waals surface area contributed by atoms with Gasteiger partial charge >= 0.3 is 6.03 Å². The van der Waals surface area contributed by atoms with Crippen LogP contribution in [0.3, 0.4) is 0 Å². The van der Waals surface area contributed by atoms with Gasteiger partial charge in [0.05, 0.1) is 11.9 Å². The second-order valence-corrected chi connectivity index (χ2v) is 3.47. The van der Waals surface area contributed by atoms with Crippen molar-refractivity contribution in [3.8, 4) is 0 Å². The average molecular weight is 207 g/mol. The van der Waals surface area contributed by atoms with Crippen molar-refractivity contribution in [1.29, 1.82) is 0 Å². The molecule has 1 atom stereocenters. The lowest BCUT2D eigenvalue weighted by Gasteiger charge is -2.20. The highest BCUT2D eigenvalue weighted by molar-refractivity contribution is 5.93. The second kappa shape index (κ2) is 3.86. The molecular formula is C10H13N3O2. The number of hydrogen-bond acceptors (Lipinski definition) is 3. The Morgan fingerprint density at radius 3 is 2.87 bits per heavy atom. The maximum absolute atomic E-state index is 11.8. The van der Waals surface area contributed by atoms with E-state index in [0.29, 0.717) is 13.1 Å². The van der Waals surface area contributed by atoms with Gasteiger partial charge in [-0.25, -0.2) is 4.79 Å². The Morgan fingerprint density at radius 2 is 2.33 bits per heavy atom. The number of hydrogen-bond donors (Lipinski definition) is 1. The third kappa shape index (κ3) is 1.78. The fourth-order valence-electron chi connectivity index (χ4n) is 1.65. The molecule has 0 aliphatic carbocycles. The van der Waals surface area contributed by atoms with Crippen LogP contribution in [0.4, 0.5) is 10.5 Å². The summed E-state index contributed by atoms with van der Waals surface area (Å²) in [6, 6.07) is 3.45. The van der Waals surface area contributed by atoms with Crippen LogP contribution >= 0.6 is 0 Å². The maximum atomic E-state index is 11.8. The fraction of sp³-hybridized carbons (Fsp3) is 0.400. The molecule has 5 nitrogen and oxygen atoms in total. The van der Waals surface area contributed by atoms with E-state index in [1.165, 1.54) is 4.90 Å². The van der Waals surface area contributed by atoms with Crippen LogP contribution in [0.1, 0.15) is 6.92 Å². The van der Waals surface area contributed by atoms with Crippen LogP contribution in [0.25, 0.3) is 0 Å². The first-order valence-electron chi connectivity index (χ1n) is 4.86. The largest absolute Gasteiger partial charge is 0.374 e. The van der Waals surface area contributed by atoms with Gasteiger partial charge in [-0.15, -0.1) is 0 Å². The van der Waals surface area contributed by atoms with Crippen LogP contribution in [0.2, 0.25) is 0 Å². The van der Waals surface area contributed by atoms with Gasteiger partial charge in [0.1, 0.15) is 6.23 Å². The Labute approximate surface area is 87.9 Å². The SMILES string of the molecule is CC(O)N1CCN(c2cccnc2)C1=O. The van der Waals surface area contributed by atoms with Crippen LogP contribution in [0, 0.1) is 0 Å². The van der Waals surface area contributed by atoms with Crippen molar-refractivity contribution < 1.29 is 9.90 Å². The Balaban J connectivity index is 2.18. The molecule has 1 N–H and O–H groups in total. The van der Waals surface area contributed by atoms with Crippen LogP contribution in [-0.2, 0) is 0 Å². The molecule has 2 heterocycles. The quantitative estimate of drug-likeness (QED) is 0.775. The predicted octanol–water partition coefficient (Wildman–Crippen LogP) is 0.662. The first-order valence-corrected chi connectivity index (χ1v) is 4.86. The molecule has 1 unspecified atom stereocenters. The van der Waals surface area contributed by atoms with Gasteiger partial charge in [0.25, 0.3) is 0 Å². The molecule has 0 saturated carbocycles. The lowest BCUT2D eigenvalue weighted by molar-refractivity contribution is 0.0606. The van der Waals surface area contributed by atoms with Crippen molar-refractivity contribution in [2.45, 2.75) is 13.2 Å². The van der Waals surface area contributed by atoms with Gasteiger partial charge in [-0.3, -0.25) is 14.8 Å². The molecule has 2 rings (SSSR count). The van der Waals surface area contributed by atoms with Gasteiger partial charge in [-0.2, -0.15) is 0 Å². The summed E-state index contributed by atoms with van der Waals surface area (Å²) in [6.07, 6.45) is 2.57. The number of pyridine rings is 1. The Morgan fingerprint density at radius 1 is 1.53 bits per heavy atom. The van der Waals surface area contributed by atoms with E-state index in [1.54, 1.807) is 30.3 Å². The van der Waals surface area contributed by atoms with Gasteiger partial charge in [0.15, 0.2) is 0 Å². The lowest BCUT2D eigenvalue weighted by atomic mass is 10.4. The summed E-state index contributed by atoms with van der Waals surface area (Å²) in [6.45, 7) is 2.73. The number of aliphatic hydroxyl groups is 1. The molecule has 0 aromatic carbocycles. The minimum Gasteiger partial charge on any atom is -0.374 e. The molecule has 80 valence electrons. The molecular weight excluding hydrogens is 194 g/mol. The molecule has 1 aliphatic heterocycles. The molecule has 2 amide bonds. The number of rotatable bonds is 2. The van der Waals surface area contributed by atoms with Crippen molar-refractivity contribution in [1.82, 2.24) is 9.88 Å². The highest BCUT2D eigenvalue weighted by Crippen LogP contribution is 2.19. The van der Waals surface area contributed by atoms with Gasteiger partial charge in [-0.05, 0) is 19.1 Å². The first kappa shape index (κ1) is 9.92. The van der Waals surface area contributed by atoms with Gasteiger partial charge < -0.3 is 5.11 Å². The van der Waals surface area contributed by atoms with E-state index in [1.807, 2.05) is 6.07 Å². The van der Waals surface area contributed by atoms with E-state index >= 15 is 0 Å². The monoisotopic (exact) mass is 207 g/mol. The van der Waals surface area contributed by atoms with Crippen molar-refractivity contribution in [3.63, 3.8) is 0 Å². The maximum Gasteiger partial charge on any atom is 0.326 e. The zero-order chi connectivity index (χ0) is 10.8. The molecule has 0 spiro atoms. The Hall–Kier alpha value is -1.62. The number of aliphatic hydroxyl groups excluding tert-OH is 1. The smallest absolute Gasteiger partial charge is 0.326 e. The molecule has 1 aliphatic rings. The van der Waals surface area contributed by atoms with E-state index in [9.17, 15) is 9.90 Å². The normalized spacial score (nSPS) is 18.4. The van der Waals surface area contributed by atoms with Gasteiger partial charge in [-0.1, -0.05) is 0 Å². The van der Waals surface area contributed by atoms with Crippen molar-refractivity contribution in [2.75, 3.05) is 18.0 Å². The van der Waals surface area contributed by atoms with E-state index in [-0.39, 0.29) is 6.03 Å². The summed E-state index contributed by atoms with van der Waals surface area (Å²) in [5, 5.41) is 9.35. The van der Waals surface area contributed by atoms with Crippen LogP contribution < -0.4 is 4.90 Å². The Kier molecular flexibility index (Phi) is 2.55. The minimum atomic E-state index is -0.737. The number of aromatic nitrogens is 1. The third-order valence-electron chi connectivity index (χ3n) is 2.45. The molecule has 1 aromatic rings. The number of anilines is 1. The van der Waals surface area contributed by atoms with Crippen molar-refractivity contribution in [3.05, 3.63) is 24.5 Å². The first-order chi connectivity index (χ1) is 7.20. The molecule has 0 radical (unpaired) electrons. The summed E-state index contributed by atoms with van der Waals surface area (Å²) in [4.78, 5) is 18.8. The molecule has 5 heteroatoms. The second-order valence-electron chi connectivity index (χ2n) is 3.47. The highest BCUT2D eigenvalue weighted by Gasteiger charge is 2.31. The van der Waals surface area contributed by atoms with E-state index in [2.05, 4.69) is 4.98 Å². The summed E-state index contributed by atoms with van der Waals surface area (Å²) >= 11 is 0. The molecule has 1 saturated heterocycles. The third-order valence-corrected chi connectivity index (χ3v) is 2.45. The Bertz CT molecular complexity index is 353. The number of carbonyl (C=O) groups excluding carboxylic acids is 1. The van der Waals surface area contributed by atoms with E-state index in [4.69, 9.17) is 0 Å². The summed E-state index contributed by atoms with van der Waals surface area (Å²) < 4.78 is 0. The molecule has 15 heavy (non-hydrogen) atoms. The standard InChI is InChI=1S/C10H13N3O2/c1-8(14)12-5-6-13(10(12)15)9-3-2-4-11-7-9/h2-4,7-8,14H,5-6H2,1H3. The summed E-state index contributed by atoms with van der Waals surface area (Å²) in [5.41, 5.74) is 0.769. The number of urea groups is 1. The number of amides is 2. The number of carbonyl (C=O) groups is 1. The van der Waals surface area contributed by atoms with Crippen LogP contribution in [0.15, 0.2) is 24.5 Å². The summed E-state index contributed by atoms with van der Waals surface area (Å²) in [5.74, 6) is 0. The van der Waals surface area contributed by atoms with Crippen LogP contribution in [0.5, 0.6) is 0 Å². The summed E-state index contributed by atoms with van der Waals surface area (Å²) in [7, 11) is 0. The molecule has 1 aromatic heterocycles. The van der Waals surface area contributed by atoms with Gasteiger partial charge in [0.2, 0.25) is 0 Å². The number of nitrogens with zero attached hydrogens (tertiary/aromatic N) is 3.